The van der Waals surface area contributed by atoms with Gasteiger partial charge in [0.2, 0.25) is 0 Å². The predicted octanol–water partition coefficient (Wildman–Crippen LogP) is 9.00. The molecule has 296 valence electrons. The molecule has 0 unspecified atom stereocenters. The van der Waals surface area contributed by atoms with Crippen LogP contribution in [-0.2, 0) is 9.59 Å². The molecule has 0 saturated carbocycles. The normalized spacial score (nSPS) is 18.8. The van der Waals surface area contributed by atoms with Crippen LogP contribution < -0.4 is 0 Å². The van der Waals surface area contributed by atoms with Crippen LogP contribution in [0.2, 0.25) is 10.0 Å². The molecule has 4 atom stereocenters. The maximum Gasteiger partial charge on any atom is 0.326 e. The van der Waals surface area contributed by atoms with Crippen LogP contribution in [-0.4, -0.2) is 70.6 Å². The Morgan fingerprint density at radius 2 is 1.16 bits per heavy atom. The van der Waals surface area contributed by atoms with Crippen LogP contribution in [0, 0.1) is 13.8 Å². The minimum atomic E-state index is -1.01. The lowest BCUT2D eigenvalue weighted by atomic mass is 10.0. The lowest BCUT2D eigenvalue weighted by Crippen LogP contribution is -2.41. The fourth-order valence-corrected chi connectivity index (χ4v) is 8.37. The monoisotopic (exact) mass is 819 g/mol. The number of aliphatic carboxylic acids is 2. The minimum absolute atomic E-state index is 0.315. The summed E-state index contributed by atoms with van der Waals surface area (Å²) < 4.78 is 7.07. The van der Waals surface area contributed by atoms with E-state index in [1.165, 1.54) is 16.2 Å². The van der Waals surface area contributed by atoms with E-state index in [4.69, 9.17) is 27.6 Å². The molecule has 0 aliphatic carbocycles. The number of carboxylic acids is 2. The van der Waals surface area contributed by atoms with Gasteiger partial charge in [-0.3, -0.25) is 9.59 Å². The molecule has 12 nitrogen and oxygen atoms in total. The van der Waals surface area contributed by atoms with Crippen molar-refractivity contribution in [3.8, 4) is 17.0 Å². The van der Waals surface area contributed by atoms with E-state index >= 15 is 0 Å². The van der Waals surface area contributed by atoms with E-state index in [2.05, 4.69) is 10.1 Å². The summed E-state index contributed by atoms with van der Waals surface area (Å²) in [5.74, 6) is -2.07. The molecule has 2 aromatic heterocycles. The molecule has 8 rings (SSSR count). The Balaban J connectivity index is 0.000000177. The highest BCUT2D eigenvalue weighted by Crippen LogP contribution is 2.41. The fraction of sp³-hybridized carbons (Fsp3) is 0.227. The number of likely N-dealkylation sites (tertiary alicyclic amines) is 2. The summed E-state index contributed by atoms with van der Waals surface area (Å²) >= 11 is 12.7. The zero-order valence-corrected chi connectivity index (χ0v) is 33.0. The van der Waals surface area contributed by atoms with Gasteiger partial charge in [0, 0.05) is 32.4 Å². The predicted molar refractivity (Wildman–Crippen MR) is 217 cm³/mol. The molecule has 58 heavy (non-hydrogen) atoms. The number of halogens is 2. The van der Waals surface area contributed by atoms with Crippen LogP contribution in [0.15, 0.2) is 120 Å². The molecular formula is C44H39Cl2N5O7. The number of oxazole rings is 1. The molecular weight excluding hydrogens is 781 g/mol. The van der Waals surface area contributed by atoms with Crippen molar-refractivity contribution in [2.45, 2.75) is 63.7 Å². The molecule has 0 spiro atoms. The topological polar surface area (TPSA) is 159 Å². The zero-order chi connectivity index (χ0) is 41.1. The molecule has 0 bridgehead atoms. The van der Waals surface area contributed by atoms with Crippen LogP contribution in [0.1, 0.15) is 81.0 Å². The van der Waals surface area contributed by atoms with Crippen molar-refractivity contribution in [2.75, 3.05) is 0 Å². The van der Waals surface area contributed by atoms with Crippen molar-refractivity contribution in [3.05, 3.63) is 159 Å². The quantitative estimate of drug-likeness (QED) is 0.153. The van der Waals surface area contributed by atoms with E-state index in [1.54, 1.807) is 54.7 Å². The van der Waals surface area contributed by atoms with Crippen LogP contribution >= 0.6 is 23.2 Å². The fourth-order valence-electron chi connectivity index (χ4n) is 7.84. The molecule has 2 amide bonds. The van der Waals surface area contributed by atoms with Crippen molar-refractivity contribution < 1.29 is 33.8 Å². The number of amides is 2. The number of aromatic nitrogens is 3. The van der Waals surface area contributed by atoms with Crippen molar-refractivity contribution in [1.82, 2.24) is 24.6 Å². The molecule has 2 aliphatic heterocycles. The van der Waals surface area contributed by atoms with Gasteiger partial charge in [-0.25, -0.2) is 19.3 Å². The first kappa shape index (κ1) is 40.0. The summed E-state index contributed by atoms with van der Waals surface area (Å²) in [6.07, 6.45) is 4.79. The van der Waals surface area contributed by atoms with Gasteiger partial charge in [-0.05, 0) is 105 Å². The molecule has 14 heteroatoms. The van der Waals surface area contributed by atoms with E-state index < -0.39 is 24.0 Å². The molecule has 6 aromatic rings. The number of carbonyl (C=O) groups is 4. The Hall–Kier alpha value is -6.24. The Labute approximate surface area is 344 Å². The average Bonchev–Trinajstić information content (AvgIpc) is 4.05. The Morgan fingerprint density at radius 1 is 0.672 bits per heavy atom. The Morgan fingerprint density at radius 3 is 1.57 bits per heavy atom. The second kappa shape index (κ2) is 17.1. The van der Waals surface area contributed by atoms with Gasteiger partial charge >= 0.3 is 11.9 Å². The summed E-state index contributed by atoms with van der Waals surface area (Å²) in [7, 11) is 0. The van der Waals surface area contributed by atoms with E-state index in [-0.39, 0.29) is 23.9 Å². The Kier molecular flexibility index (Phi) is 11.8. The number of benzene rings is 4. The lowest BCUT2D eigenvalue weighted by molar-refractivity contribution is -0.142. The number of aryl methyl sites for hydroxylation is 2. The van der Waals surface area contributed by atoms with E-state index in [0.717, 1.165) is 33.8 Å². The summed E-state index contributed by atoms with van der Waals surface area (Å²) in [5.41, 5.74) is 5.92. The first-order valence-electron chi connectivity index (χ1n) is 18.6. The van der Waals surface area contributed by atoms with E-state index in [1.807, 2.05) is 73.1 Å². The molecule has 2 fully saturated rings. The zero-order valence-electron chi connectivity index (χ0n) is 31.5. The second-order valence-corrected chi connectivity index (χ2v) is 15.0. The van der Waals surface area contributed by atoms with Gasteiger partial charge in [0.25, 0.3) is 11.8 Å². The van der Waals surface area contributed by atoms with Crippen LogP contribution in [0.5, 0.6) is 0 Å². The number of carboxylic acid groups (broad SMARTS) is 2. The van der Waals surface area contributed by atoms with Gasteiger partial charge in [-0.2, -0.15) is 5.10 Å². The van der Waals surface area contributed by atoms with Crippen LogP contribution in [0.25, 0.3) is 17.0 Å². The molecule has 2 saturated heterocycles. The standard InChI is InChI=1S/C23H22ClN3O3.C21H17ClN2O4/c1-14-13-15(2)27(25-14)17-9-7-16(8-10-17)22(28)26-20(11-12-21(26)23(29)30)18-5-3-4-6-19(18)24;22-16-4-2-1-3-15(16)17-9-10-18(21(26)27)24(17)20(25)14-7-5-13(6-8-14)19-11-23-12-28-19/h3-10,13,20-21H,11-12H2,1-2H3,(H,29,30);1-8,11-12,17-18H,9-10H2,(H,26,27)/t20-,21+;17-,18+/m11/s1. The molecule has 4 heterocycles. The van der Waals surface area contributed by atoms with Crippen molar-refractivity contribution in [2.24, 2.45) is 0 Å². The number of hydrogen-bond donors (Lipinski definition) is 2. The van der Waals surface area contributed by atoms with Crippen LogP contribution in [0.3, 0.4) is 0 Å². The summed E-state index contributed by atoms with van der Waals surface area (Å²) in [5, 5.41) is 24.9. The first-order chi connectivity index (χ1) is 27.9. The maximum atomic E-state index is 13.4. The van der Waals surface area contributed by atoms with Crippen molar-refractivity contribution in [3.63, 3.8) is 0 Å². The maximum absolute atomic E-state index is 13.4. The van der Waals surface area contributed by atoms with Gasteiger partial charge in [-0.1, -0.05) is 71.7 Å². The third kappa shape index (κ3) is 8.11. The highest BCUT2D eigenvalue weighted by molar-refractivity contribution is 6.31. The molecule has 0 radical (unpaired) electrons. The first-order valence-corrected chi connectivity index (χ1v) is 19.4. The highest BCUT2D eigenvalue weighted by Gasteiger charge is 2.44. The van der Waals surface area contributed by atoms with Crippen molar-refractivity contribution >= 4 is 47.0 Å². The average molecular weight is 821 g/mol. The SMILES string of the molecule is Cc1cc(C)n(-c2ccc(C(=O)N3[C@@H](c4ccccc4Cl)CC[C@H]3C(=O)O)cc2)n1.O=C(O)[C@@H]1CC[C@H](c2ccccc2Cl)N1C(=O)c1ccc(-c2cnco2)cc1. The van der Waals surface area contributed by atoms with Gasteiger partial charge in [0.05, 0.1) is 29.7 Å². The Bertz CT molecular complexity index is 2450. The number of carbonyl (C=O) groups excluding carboxylic acids is 2. The van der Waals surface area contributed by atoms with E-state index in [9.17, 15) is 29.4 Å². The molecule has 4 aromatic carbocycles. The number of hydrogen-bond acceptors (Lipinski definition) is 7. The smallest absolute Gasteiger partial charge is 0.326 e. The second-order valence-electron chi connectivity index (χ2n) is 14.2. The third-order valence-electron chi connectivity index (χ3n) is 10.6. The van der Waals surface area contributed by atoms with Crippen LogP contribution in [0.4, 0.5) is 0 Å². The third-order valence-corrected chi connectivity index (χ3v) is 11.2. The lowest BCUT2D eigenvalue weighted by Gasteiger charge is -2.29. The van der Waals surface area contributed by atoms with Gasteiger partial charge in [0.15, 0.2) is 12.2 Å². The van der Waals surface area contributed by atoms with Crippen molar-refractivity contribution in [1.29, 1.82) is 0 Å². The number of nitrogens with zero attached hydrogens (tertiary/aromatic N) is 5. The largest absolute Gasteiger partial charge is 0.480 e. The highest BCUT2D eigenvalue weighted by atomic mass is 35.5. The summed E-state index contributed by atoms with van der Waals surface area (Å²) in [6, 6.07) is 27.9. The van der Waals surface area contributed by atoms with Gasteiger partial charge < -0.3 is 24.4 Å². The minimum Gasteiger partial charge on any atom is -0.480 e. The van der Waals surface area contributed by atoms with Gasteiger partial charge in [0.1, 0.15) is 12.1 Å². The summed E-state index contributed by atoms with van der Waals surface area (Å²) in [4.78, 5) is 57.0. The van der Waals surface area contributed by atoms with Gasteiger partial charge in [-0.15, -0.1) is 0 Å². The molecule has 2 aliphatic rings. The summed E-state index contributed by atoms with van der Waals surface area (Å²) in [6.45, 7) is 3.89. The molecule has 2 N–H and O–H groups in total. The number of rotatable bonds is 8. The van der Waals surface area contributed by atoms with E-state index in [0.29, 0.717) is 52.6 Å².